The molecular weight excluding hydrogens is 162 g/mol. The Morgan fingerprint density at radius 3 is 3.15 bits per heavy atom. The highest BCUT2D eigenvalue weighted by atomic mass is 16.2. The van der Waals surface area contributed by atoms with Gasteiger partial charge >= 0.3 is 0 Å². The van der Waals surface area contributed by atoms with Crippen molar-refractivity contribution in [2.45, 2.75) is 19.3 Å². The molecule has 70 valence electrons. The summed E-state index contributed by atoms with van der Waals surface area (Å²) in [7, 11) is 0. The number of rotatable bonds is 2. The monoisotopic (exact) mass is 177 g/mol. The lowest BCUT2D eigenvalue weighted by Gasteiger charge is -2.20. The van der Waals surface area contributed by atoms with Crippen molar-refractivity contribution in [3.05, 3.63) is 29.3 Å². The molecule has 2 rings (SSSR count). The molecule has 0 aliphatic carbocycles. The first-order chi connectivity index (χ1) is 6.42. The summed E-state index contributed by atoms with van der Waals surface area (Å²) in [6, 6.07) is 6.34. The van der Waals surface area contributed by atoms with Crippen molar-refractivity contribution in [1.82, 2.24) is 0 Å². The number of hydrogen-bond acceptors (Lipinski definition) is 2. The van der Waals surface area contributed by atoms with Crippen molar-refractivity contribution in [2.75, 3.05) is 18.5 Å². The Balaban J connectivity index is 2.34. The predicted molar refractivity (Wildman–Crippen MR) is 54.0 cm³/mol. The first-order valence-electron chi connectivity index (χ1n) is 4.87. The van der Waals surface area contributed by atoms with E-state index in [0.29, 0.717) is 0 Å². The lowest BCUT2D eigenvalue weighted by molar-refractivity contribution is 0.299. The summed E-state index contributed by atoms with van der Waals surface area (Å²) < 4.78 is 0. The summed E-state index contributed by atoms with van der Waals surface area (Å²) in [6.45, 7) is 1.30. The Hall–Kier alpha value is -1.02. The molecule has 0 bridgehead atoms. The molecule has 13 heavy (non-hydrogen) atoms. The zero-order valence-electron chi connectivity index (χ0n) is 7.71. The fourth-order valence-electron chi connectivity index (χ4n) is 1.91. The SMILES string of the molecule is OCCc1cccc2c1NCCC2. The average molecular weight is 177 g/mol. The van der Waals surface area contributed by atoms with Crippen LogP contribution in [0, 0.1) is 0 Å². The second kappa shape index (κ2) is 3.79. The molecule has 1 aliphatic heterocycles. The highest BCUT2D eigenvalue weighted by Gasteiger charge is 2.10. The van der Waals surface area contributed by atoms with Crippen molar-refractivity contribution >= 4 is 5.69 Å². The standard InChI is InChI=1S/C11H15NO/c13-8-6-10-4-1-3-9-5-2-7-12-11(9)10/h1,3-4,12-13H,2,5-8H2. The Kier molecular flexibility index (Phi) is 2.50. The van der Waals surface area contributed by atoms with Crippen molar-refractivity contribution in [3.63, 3.8) is 0 Å². The van der Waals surface area contributed by atoms with Crippen LogP contribution in [0.5, 0.6) is 0 Å². The normalized spacial score (nSPS) is 14.8. The van der Waals surface area contributed by atoms with Crippen LogP contribution in [0.1, 0.15) is 17.5 Å². The first kappa shape index (κ1) is 8.57. The van der Waals surface area contributed by atoms with Crippen LogP contribution in [0.25, 0.3) is 0 Å². The zero-order chi connectivity index (χ0) is 9.10. The van der Waals surface area contributed by atoms with Gasteiger partial charge < -0.3 is 10.4 Å². The third-order valence-electron chi connectivity index (χ3n) is 2.54. The fraction of sp³-hybridized carbons (Fsp3) is 0.455. The van der Waals surface area contributed by atoms with Gasteiger partial charge in [0.05, 0.1) is 0 Å². The highest BCUT2D eigenvalue weighted by Crippen LogP contribution is 2.25. The van der Waals surface area contributed by atoms with Crippen LogP contribution >= 0.6 is 0 Å². The summed E-state index contributed by atoms with van der Waals surface area (Å²) in [5.41, 5.74) is 3.92. The molecule has 0 aromatic heterocycles. The third kappa shape index (κ3) is 1.68. The van der Waals surface area contributed by atoms with Crippen LogP contribution < -0.4 is 5.32 Å². The largest absolute Gasteiger partial charge is 0.396 e. The molecule has 2 nitrogen and oxygen atoms in total. The number of aryl methyl sites for hydroxylation is 1. The quantitative estimate of drug-likeness (QED) is 0.719. The van der Waals surface area contributed by atoms with Crippen molar-refractivity contribution in [2.24, 2.45) is 0 Å². The van der Waals surface area contributed by atoms with Crippen LogP contribution in [0.3, 0.4) is 0 Å². The highest BCUT2D eigenvalue weighted by molar-refractivity contribution is 5.59. The first-order valence-corrected chi connectivity index (χ1v) is 4.87. The van der Waals surface area contributed by atoms with Crippen molar-refractivity contribution in [1.29, 1.82) is 0 Å². The van der Waals surface area contributed by atoms with Crippen LogP contribution in [-0.2, 0) is 12.8 Å². The number of anilines is 1. The molecule has 0 spiro atoms. The van der Waals surface area contributed by atoms with Gasteiger partial charge in [-0.1, -0.05) is 18.2 Å². The van der Waals surface area contributed by atoms with Gasteiger partial charge in [-0.05, 0) is 30.4 Å². The molecular formula is C11H15NO. The Labute approximate surface area is 78.6 Å². The van der Waals surface area contributed by atoms with Crippen LogP contribution in [0.15, 0.2) is 18.2 Å². The summed E-state index contributed by atoms with van der Waals surface area (Å²) >= 11 is 0. The van der Waals surface area contributed by atoms with Crippen LogP contribution in [0.4, 0.5) is 5.69 Å². The van der Waals surface area contributed by atoms with Crippen molar-refractivity contribution in [3.8, 4) is 0 Å². The topological polar surface area (TPSA) is 32.3 Å². The van der Waals surface area contributed by atoms with E-state index < -0.39 is 0 Å². The second-order valence-corrected chi connectivity index (χ2v) is 3.46. The number of benzene rings is 1. The van der Waals surface area contributed by atoms with E-state index in [4.69, 9.17) is 5.11 Å². The zero-order valence-corrected chi connectivity index (χ0v) is 7.71. The minimum atomic E-state index is 0.234. The summed E-state index contributed by atoms with van der Waals surface area (Å²) in [5.74, 6) is 0. The average Bonchev–Trinajstić information content (AvgIpc) is 2.19. The van der Waals surface area contributed by atoms with Gasteiger partial charge in [0.2, 0.25) is 0 Å². The second-order valence-electron chi connectivity index (χ2n) is 3.46. The number of para-hydroxylation sites is 1. The smallest absolute Gasteiger partial charge is 0.0472 e. The Morgan fingerprint density at radius 2 is 2.31 bits per heavy atom. The van der Waals surface area contributed by atoms with E-state index in [1.54, 1.807) is 0 Å². The molecule has 1 aliphatic rings. The predicted octanol–water partition coefficient (Wildman–Crippen LogP) is 1.58. The molecule has 0 saturated carbocycles. The number of nitrogens with one attached hydrogen (secondary N) is 1. The maximum Gasteiger partial charge on any atom is 0.0472 e. The molecule has 0 radical (unpaired) electrons. The lowest BCUT2D eigenvalue weighted by atomic mass is 9.98. The molecule has 0 atom stereocenters. The summed E-state index contributed by atoms with van der Waals surface area (Å²) in [6.07, 6.45) is 3.15. The number of hydrogen-bond donors (Lipinski definition) is 2. The molecule has 0 fully saturated rings. The van der Waals surface area contributed by atoms with Gasteiger partial charge in [-0.3, -0.25) is 0 Å². The summed E-state index contributed by atoms with van der Waals surface area (Å²) in [4.78, 5) is 0. The molecule has 0 saturated heterocycles. The van der Waals surface area contributed by atoms with E-state index in [-0.39, 0.29) is 6.61 Å². The van der Waals surface area contributed by atoms with E-state index in [0.717, 1.165) is 13.0 Å². The molecule has 0 amide bonds. The minimum absolute atomic E-state index is 0.234. The Morgan fingerprint density at radius 1 is 1.38 bits per heavy atom. The molecule has 0 unspecified atom stereocenters. The summed E-state index contributed by atoms with van der Waals surface area (Å²) in [5, 5.41) is 12.3. The number of fused-ring (bicyclic) bond motifs is 1. The molecule has 2 heteroatoms. The van der Waals surface area contributed by atoms with Gasteiger partial charge in [-0.25, -0.2) is 0 Å². The third-order valence-corrected chi connectivity index (χ3v) is 2.54. The van der Waals surface area contributed by atoms with E-state index >= 15 is 0 Å². The number of aliphatic hydroxyl groups excluding tert-OH is 1. The lowest BCUT2D eigenvalue weighted by Crippen LogP contribution is -2.14. The van der Waals surface area contributed by atoms with E-state index in [9.17, 15) is 0 Å². The Bertz CT molecular complexity index is 296. The van der Waals surface area contributed by atoms with Gasteiger partial charge in [-0.2, -0.15) is 0 Å². The van der Waals surface area contributed by atoms with E-state index in [2.05, 4.69) is 23.5 Å². The minimum Gasteiger partial charge on any atom is -0.396 e. The van der Waals surface area contributed by atoms with Gasteiger partial charge in [0.1, 0.15) is 0 Å². The molecule has 1 aromatic rings. The molecule has 1 heterocycles. The van der Waals surface area contributed by atoms with Gasteiger partial charge in [-0.15, -0.1) is 0 Å². The van der Waals surface area contributed by atoms with Crippen LogP contribution in [0.2, 0.25) is 0 Å². The van der Waals surface area contributed by atoms with E-state index in [1.807, 2.05) is 0 Å². The maximum atomic E-state index is 8.89. The van der Waals surface area contributed by atoms with Crippen LogP contribution in [-0.4, -0.2) is 18.3 Å². The number of aliphatic hydroxyl groups is 1. The van der Waals surface area contributed by atoms with Gasteiger partial charge in [0, 0.05) is 18.8 Å². The van der Waals surface area contributed by atoms with E-state index in [1.165, 1.54) is 29.7 Å². The molecule has 1 aromatic carbocycles. The fourth-order valence-corrected chi connectivity index (χ4v) is 1.91. The maximum absolute atomic E-state index is 8.89. The van der Waals surface area contributed by atoms with Crippen molar-refractivity contribution < 1.29 is 5.11 Å². The van der Waals surface area contributed by atoms with Gasteiger partial charge in [0.25, 0.3) is 0 Å². The van der Waals surface area contributed by atoms with Gasteiger partial charge in [0.15, 0.2) is 0 Å². The molecule has 2 N–H and O–H groups in total.